The van der Waals surface area contributed by atoms with Crippen LogP contribution in [0.4, 0.5) is 8.78 Å². The van der Waals surface area contributed by atoms with Gasteiger partial charge >= 0.3 is 0 Å². The largest absolute Gasteiger partial charge is 0.313 e. The van der Waals surface area contributed by atoms with Gasteiger partial charge in [-0.3, -0.25) is 0 Å². The van der Waals surface area contributed by atoms with Crippen molar-refractivity contribution in [1.82, 2.24) is 15.3 Å². The quantitative estimate of drug-likeness (QED) is 0.825. The van der Waals surface area contributed by atoms with Crippen molar-refractivity contribution < 1.29 is 8.78 Å². The first-order valence-electron chi connectivity index (χ1n) is 6.63. The van der Waals surface area contributed by atoms with Gasteiger partial charge in [0.25, 0.3) is 0 Å². The van der Waals surface area contributed by atoms with Gasteiger partial charge in [0, 0.05) is 37.0 Å². The first-order valence-corrected chi connectivity index (χ1v) is 6.63. The third-order valence-corrected chi connectivity index (χ3v) is 2.80. The van der Waals surface area contributed by atoms with Crippen LogP contribution in [0.3, 0.4) is 0 Å². The van der Waals surface area contributed by atoms with E-state index in [0.717, 1.165) is 31.1 Å². The normalized spacial score (nSPS) is 10.8. The first kappa shape index (κ1) is 14.5. The van der Waals surface area contributed by atoms with E-state index in [1.165, 1.54) is 12.1 Å². The van der Waals surface area contributed by atoms with E-state index in [0.29, 0.717) is 17.8 Å². The SMILES string of the molecule is CCCNCc1cnc(Cc2cc(F)cc(F)c2)nc1. The molecule has 0 aliphatic carbocycles. The number of halogens is 2. The molecule has 0 saturated carbocycles. The van der Waals surface area contributed by atoms with Crippen LogP contribution in [0, 0.1) is 11.6 Å². The Morgan fingerprint density at radius 1 is 1.00 bits per heavy atom. The number of benzene rings is 1. The van der Waals surface area contributed by atoms with Gasteiger partial charge in [-0.05, 0) is 30.7 Å². The van der Waals surface area contributed by atoms with E-state index in [1.54, 1.807) is 12.4 Å². The predicted molar refractivity (Wildman–Crippen MR) is 73.2 cm³/mol. The minimum atomic E-state index is -0.583. The molecule has 0 aliphatic heterocycles. The second-order valence-electron chi connectivity index (χ2n) is 4.64. The Balaban J connectivity index is 1.99. The topological polar surface area (TPSA) is 37.8 Å². The Morgan fingerprint density at radius 2 is 1.65 bits per heavy atom. The highest BCUT2D eigenvalue weighted by atomic mass is 19.1. The van der Waals surface area contributed by atoms with Crippen molar-refractivity contribution in [2.24, 2.45) is 0 Å². The summed E-state index contributed by atoms with van der Waals surface area (Å²) in [4.78, 5) is 8.43. The molecule has 0 amide bonds. The summed E-state index contributed by atoms with van der Waals surface area (Å²) in [6, 6.07) is 3.44. The molecular formula is C15H17F2N3. The van der Waals surface area contributed by atoms with Crippen molar-refractivity contribution in [2.75, 3.05) is 6.54 Å². The summed E-state index contributed by atoms with van der Waals surface area (Å²) in [5.74, 6) is -0.616. The van der Waals surface area contributed by atoms with Crippen LogP contribution in [0.5, 0.6) is 0 Å². The fourth-order valence-corrected chi connectivity index (χ4v) is 1.87. The lowest BCUT2D eigenvalue weighted by Gasteiger charge is -2.04. The zero-order chi connectivity index (χ0) is 14.4. The molecule has 1 aromatic carbocycles. The van der Waals surface area contributed by atoms with E-state index in [2.05, 4.69) is 22.2 Å². The molecule has 0 aliphatic rings. The molecule has 0 atom stereocenters. The highest BCUT2D eigenvalue weighted by Crippen LogP contribution is 2.11. The summed E-state index contributed by atoms with van der Waals surface area (Å²) in [5.41, 5.74) is 1.52. The van der Waals surface area contributed by atoms with Gasteiger partial charge in [-0.25, -0.2) is 18.7 Å². The van der Waals surface area contributed by atoms with E-state index in [9.17, 15) is 8.78 Å². The Labute approximate surface area is 117 Å². The predicted octanol–water partition coefficient (Wildman–Crippen LogP) is 2.85. The van der Waals surface area contributed by atoms with Crippen molar-refractivity contribution in [2.45, 2.75) is 26.3 Å². The Kier molecular flexibility index (Phi) is 5.12. The van der Waals surface area contributed by atoms with Gasteiger partial charge in [-0.1, -0.05) is 6.92 Å². The Bertz CT molecular complexity index is 535. The average Bonchev–Trinajstić information content (AvgIpc) is 2.40. The maximum Gasteiger partial charge on any atom is 0.132 e. The fourth-order valence-electron chi connectivity index (χ4n) is 1.87. The number of hydrogen-bond donors (Lipinski definition) is 1. The summed E-state index contributed by atoms with van der Waals surface area (Å²) in [6.07, 6.45) is 4.86. The average molecular weight is 277 g/mol. The van der Waals surface area contributed by atoms with E-state index in [-0.39, 0.29) is 0 Å². The third-order valence-electron chi connectivity index (χ3n) is 2.80. The van der Waals surface area contributed by atoms with Crippen LogP contribution >= 0.6 is 0 Å². The van der Waals surface area contributed by atoms with Crippen LogP contribution in [0.25, 0.3) is 0 Å². The first-order chi connectivity index (χ1) is 9.67. The number of nitrogens with one attached hydrogen (secondary N) is 1. The molecule has 1 heterocycles. The standard InChI is InChI=1S/C15H17F2N3/c1-2-3-18-8-12-9-19-15(20-10-12)6-11-4-13(16)7-14(17)5-11/h4-5,7,9-10,18H,2-3,6,8H2,1H3. The molecule has 2 aromatic rings. The molecule has 0 spiro atoms. The molecule has 3 nitrogen and oxygen atoms in total. The lowest BCUT2D eigenvalue weighted by Crippen LogP contribution is -2.14. The number of hydrogen-bond acceptors (Lipinski definition) is 3. The lowest BCUT2D eigenvalue weighted by atomic mass is 10.1. The number of nitrogens with zero attached hydrogens (tertiary/aromatic N) is 2. The van der Waals surface area contributed by atoms with Crippen LogP contribution < -0.4 is 5.32 Å². The van der Waals surface area contributed by atoms with E-state index in [1.807, 2.05) is 0 Å². The molecule has 0 radical (unpaired) electrons. The van der Waals surface area contributed by atoms with E-state index < -0.39 is 11.6 Å². The Hall–Kier alpha value is -1.88. The molecule has 2 rings (SSSR count). The summed E-state index contributed by atoms with van der Waals surface area (Å²) in [5, 5.41) is 3.26. The maximum atomic E-state index is 13.1. The highest BCUT2D eigenvalue weighted by Gasteiger charge is 2.04. The van der Waals surface area contributed by atoms with E-state index >= 15 is 0 Å². The molecule has 1 aromatic heterocycles. The van der Waals surface area contributed by atoms with Crippen molar-refractivity contribution >= 4 is 0 Å². The zero-order valence-corrected chi connectivity index (χ0v) is 11.4. The summed E-state index contributed by atoms with van der Waals surface area (Å²) in [7, 11) is 0. The summed E-state index contributed by atoms with van der Waals surface area (Å²) < 4.78 is 26.2. The second kappa shape index (κ2) is 7.05. The number of aromatic nitrogens is 2. The van der Waals surface area contributed by atoms with E-state index in [4.69, 9.17) is 0 Å². The number of rotatable bonds is 6. The fraction of sp³-hybridized carbons (Fsp3) is 0.333. The van der Waals surface area contributed by atoms with Crippen molar-refractivity contribution in [3.63, 3.8) is 0 Å². The molecule has 5 heteroatoms. The molecule has 0 bridgehead atoms. The minimum Gasteiger partial charge on any atom is -0.313 e. The molecule has 0 unspecified atom stereocenters. The van der Waals surface area contributed by atoms with Crippen molar-refractivity contribution in [3.05, 3.63) is 59.2 Å². The maximum absolute atomic E-state index is 13.1. The van der Waals surface area contributed by atoms with Gasteiger partial charge in [-0.15, -0.1) is 0 Å². The van der Waals surface area contributed by atoms with Crippen LogP contribution in [0.15, 0.2) is 30.6 Å². The smallest absolute Gasteiger partial charge is 0.132 e. The lowest BCUT2D eigenvalue weighted by molar-refractivity contribution is 0.580. The van der Waals surface area contributed by atoms with Crippen LogP contribution in [0.1, 0.15) is 30.3 Å². The van der Waals surface area contributed by atoms with Crippen LogP contribution in [0.2, 0.25) is 0 Å². The Morgan fingerprint density at radius 3 is 2.25 bits per heavy atom. The van der Waals surface area contributed by atoms with Gasteiger partial charge in [-0.2, -0.15) is 0 Å². The van der Waals surface area contributed by atoms with Gasteiger partial charge in [0.1, 0.15) is 17.5 Å². The van der Waals surface area contributed by atoms with Gasteiger partial charge in [0.05, 0.1) is 0 Å². The minimum absolute atomic E-state index is 0.317. The van der Waals surface area contributed by atoms with Gasteiger partial charge in [0.15, 0.2) is 0 Å². The molecule has 0 saturated heterocycles. The van der Waals surface area contributed by atoms with Gasteiger partial charge < -0.3 is 5.32 Å². The van der Waals surface area contributed by atoms with Crippen LogP contribution in [-0.4, -0.2) is 16.5 Å². The molecular weight excluding hydrogens is 260 g/mol. The van der Waals surface area contributed by atoms with Crippen LogP contribution in [-0.2, 0) is 13.0 Å². The molecule has 0 fully saturated rings. The molecule has 20 heavy (non-hydrogen) atoms. The van der Waals surface area contributed by atoms with Crippen molar-refractivity contribution in [1.29, 1.82) is 0 Å². The highest BCUT2D eigenvalue weighted by molar-refractivity contribution is 5.21. The van der Waals surface area contributed by atoms with Crippen molar-refractivity contribution in [3.8, 4) is 0 Å². The zero-order valence-electron chi connectivity index (χ0n) is 11.4. The second-order valence-corrected chi connectivity index (χ2v) is 4.64. The summed E-state index contributed by atoms with van der Waals surface area (Å²) >= 11 is 0. The monoisotopic (exact) mass is 277 g/mol. The third kappa shape index (κ3) is 4.35. The molecule has 1 N–H and O–H groups in total. The summed E-state index contributed by atoms with van der Waals surface area (Å²) in [6.45, 7) is 3.78. The molecule has 106 valence electrons. The van der Waals surface area contributed by atoms with Gasteiger partial charge in [0.2, 0.25) is 0 Å².